The molecule has 106 valence electrons. The molecule has 0 atom stereocenters. The first-order chi connectivity index (χ1) is 10.4. The van der Waals surface area contributed by atoms with Crippen LogP contribution in [0.5, 0.6) is 0 Å². The molecule has 0 aliphatic carbocycles. The summed E-state index contributed by atoms with van der Waals surface area (Å²) in [4.78, 5) is 0. The summed E-state index contributed by atoms with van der Waals surface area (Å²) in [6.07, 6.45) is 0. The SMILES string of the molecule is OCc1cccc(NCc2n[nH]nc2-c2ccccc2)c1. The van der Waals surface area contributed by atoms with Crippen molar-refractivity contribution < 1.29 is 5.11 Å². The van der Waals surface area contributed by atoms with Gasteiger partial charge < -0.3 is 10.4 Å². The van der Waals surface area contributed by atoms with E-state index in [1.807, 2.05) is 54.6 Å². The lowest BCUT2D eigenvalue weighted by Gasteiger charge is -2.07. The molecule has 21 heavy (non-hydrogen) atoms. The lowest BCUT2D eigenvalue weighted by molar-refractivity contribution is 0.282. The second-order valence-corrected chi connectivity index (χ2v) is 4.70. The molecule has 5 nitrogen and oxygen atoms in total. The maximum Gasteiger partial charge on any atom is 0.117 e. The fourth-order valence-electron chi connectivity index (χ4n) is 2.17. The number of anilines is 1. The van der Waals surface area contributed by atoms with Crippen LogP contribution in [-0.2, 0) is 13.2 Å². The fourth-order valence-corrected chi connectivity index (χ4v) is 2.17. The van der Waals surface area contributed by atoms with Gasteiger partial charge in [-0.25, -0.2) is 0 Å². The number of hydrogen-bond acceptors (Lipinski definition) is 4. The molecule has 0 fully saturated rings. The number of nitrogens with zero attached hydrogens (tertiary/aromatic N) is 2. The highest BCUT2D eigenvalue weighted by atomic mass is 16.3. The third kappa shape index (κ3) is 3.09. The van der Waals surface area contributed by atoms with E-state index in [4.69, 9.17) is 5.11 Å². The second-order valence-electron chi connectivity index (χ2n) is 4.70. The normalized spacial score (nSPS) is 10.5. The van der Waals surface area contributed by atoms with Crippen molar-refractivity contribution in [3.05, 3.63) is 65.9 Å². The molecule has 3 rings (SSSR count). The number of aliphatic hydroxyl groups is 1. The van der Waals surface area contributed by atoms with Crippen LogP contribution in [0.25, 0.3) is 11.3 Å². The Morgan fingerprint density at radius 1 is 1.00 bits per heavy atom. The highest BCUT2D eigenvalue weighted by Gasteiger charge is 2.09. The van der Waals surface area contributed by atoms with Crippen molar-refractivity contribution in [2.75, 3.05) is 5.32 Å². The Morgan fingerprint density at radius 3 is 2.67 bits per heavy atom. The lowest BCUT2D eigenvalue weighted by Crippen LogP contribution is -2.02. The van der Waals surface area contributed by atoms with Gasteiger partial charge in [0.15, 0.2) is 0 Å². The van der Waals surface area contributed by atoms with E-state index in [1.165, 1.54) is 0 Å². The molecule has 0 aliphatic rings. The van der Waals surface area contributed by atoms with Gasteiger partial charge >= 0.3 is 0 Å². The molecule has 0 bridgehead atoms. The van der Waals surface area contributed by atoms with Gasteiger partial charge in [-0.3, -0.25) is 0 Å². The van der Waals surface area contributed by atoms with Crippen molar-refractivity contribution in [3.63, 3.8) is 0 Å². The third-order valence-electron chi connectivity index (χ3n) is 3.24. The van der Waals surface area contributed by atoms with E-state index in [1.54, 1.807) is 0 Å². The number of aromatic nitrogens is 3. The van der Waals surface area contributed by atoms with Gasteiger partial charge in [0.25, 0.3) is 0 Å². The van der Waals surface area contributed by atoms with Gasteiger partial charge in [0.2, 0.25) is 0 Å². The fraction of sp³-hybridized carbons (Fsp3) is 0.125. The van der Waals surface area contributed by atoms with Gasteiger partial charge in [0.1, 0.15) is 11.4 Å². The molecule has 0 spiro atoms. The van der Waals surface area contributed by atoms with Crippen molar-refractivity contribution in [2.24, 2.45) is 0 Å². The Labute approximate surface area is 122 Å². The summed E-state index contributed by atoms with van der Waals surface area (Å²) in [5.41, 5.74) is 4.57. The number of H-pyrrole nitrogens is 1. The first-order valence-corrected chi connectivity index (χ1v) is 6.75. The van der Waals surface area contributed by atoms with Crippen molar-refractivity contribution in [1.29, 1.82) is 0 Å². The Bertz CT molecular complexity index is 709. The predicted molar refractivity (Wildman–Crippen MR) is 81.5 cm³/mol. The summed E-state index contributed by atoms with van der Waals surface area (Å²) in [6.45, 7) is 0.602. The number of rotatable bonds is 5. The highest BCUT2D eigenvalue weighted by Crippen LogP contribution is 2.20. The first kappa shape index (κ1) is 13.3. The zero-order chi connectivity index (χ0) is 14.5. The van der Waals surface area contributed by atoms with Crippen molar-refractivity contribution in [2.45, 2.75) is 13.2 Å². The zero-order valence-corrected chi connectivity index (χ0v) is 11.5. The van der Waals surface area contributed by atoms with Crippen molar-refractivity contribution in [1.82, 2.24) is 15.4 Å². The van der Waals surface area contributed by atoms with Gasteiger partial charge in [0.05, 0.1) is 13.2 Å². The molecule has 1 heterocycles. The van der Waals surface area contributed by atoms with Gasteiger partial charge in [0, 0.05) is 11.3 Å². The molecule has 0 aliphatic heterocycles. The molecule has 0 radical (unpaired) electrons. The van der Waals surface area contributed by atoms with Crippen LogP contribution in [0.3, 0.4) is 0 Å². The maximum absolute atomic E-state index is 9.15. The number of nitrogens with one attached hydrogen (secondary N) is 2. The van der Waals surface area contributed by atoms with Crippen LogP contribution in [0.15, 0.2) is 54.6 Å². The Balaban J connectivity index is 1.76. The Hall–Kier alpha value is -2.66. The lowest BCUT2D eigenvalue weighted by atomic mass is 10.1. The summed E-state index contributed by atoms with van der Waals surface area (Å²) in [5, 5.41) is 23.5. The minimum atomic E-state index is 0.0365. The molecule has 0 saturated carbocycles. The van der Waals surface area contributed by atoms with Crippen molar-refractivity contribution in [3.8, 4) is 11.3 Å². The Kier molecular flexibility index (Phi) is 3.93. The molecule has 3 aromatic rings. The molecule has 1 aromatic heterocycles. The molecule has 0 saturated heterocycles. The van der Waals surface area contributed by atoms with Crippen LogP contribution >= 0.6 is 0 Å². The minimum Gasteiger partial charge on any atom is -0.392 e. The summed E-state index contributed by atoms with van der Waals surface area (Å²) in [7, 11) is 0. The summed E-state index contributed by atoms with van der Waals surface area (Å²) < 4.78 is 0. The van der Waals surface area contributed by atoms with Crippen LogP contribution in [0, 0.1) is 0 Å². The van der Waals surface area contributed by atoms with Gasteiger partial charge in [-0.15, -0.1) is 0 Å². The summed E-state index contributed by atoms with van der Waals surface area (Å²) in [5.74, 6) is 0. The molecule has 0 amide bonds. The van der Waals surface area contributed by atoms with E-state index in [-0.39, 0.29) is 6.61 Å². The monoisotopic (exact) mass is 280 g/mol. The van der Waals surface area contributed by atoms with E-state index in [2.05, 4.69) is 20.7 Å². The average Bonchev–Trinajstić information content (AvgIpc) is 3.02. The third-order valence-corrected chi connectivity index (χ3v) is 3.24. The smallest absolute Gasteiger partial charge is 0.117 e. The quantitative estimate of drug-likeness (QED) is 0.671. The van der Waals surface area contributed by atoms with Crippen molar-refractivity contribution >= 4 is 5.69 Å². The molecule has 5 heteroatoms. The average molecular weight is 280 g/mol. The molecule has 2 aromatic carbocycles. The van der Waals surface area contributed by atoms with Crippen LogP contribution < -0.4 is 5.32 Å². The predicted octanol–water partition coefficient (Wildman–Crippen LogP) is 2.58. The first-order valence-electron chi connectivity index (χ1n) is 6.75. The number of hydrogen-bond donors (Lipinski definition) is 3. The summed E-state index contributed by atoms with van der Waals surface area (Å²) >= 11 is 0. The number of aliphatic hydroxyl groups excluding tert-OH is 1. The maximum atomic E-state index is 9.15. The zero-order valence-electron chi connectivity index (χ0n) is 11.5. The van der Waals surface area contributed by atoms with Gasteiger partial charge in [-0.2, -0.15) is 15.4 Å². The van der Waals surface area contributed by atoms with E-state index < -0.39 is 0 Å². The molecular formula is C16H16N4O. The number of benzene rings is 2. The minimum absolute atomic E-state index is 0.0365. The van der Waals surface area contributed by atoms with E-state index >= 15 is 0 Å². The van der Waals surface area contributed by atoms with E-state index in [0.29, 0.717) is 6.54 Å². The second kappa shape index (κ2) is 6.19. The largest absolute Gasteiger partial charge is 0.392 e. The Morgan fingerprint density at radius 2 is 1.86 bits per heavy atom. The van der Waals surface area contributed by atoms with Crippen LogP contribution in [0.4, 0.5) is 5.69 Å². The van der Waals surface area contributed by atoms with Gasteiger partial charge in [-0.05, 0) is 17.7 Å². The highest BCUT2D eigenvalue weighted by molar-refractivity contribution is 5.61. The van der Waals surface area contributed by atoms with Crippen LogP contribution in [-0.4, -0.2) is 20.5 Å². The van der Waals surface area contributed by atoms with E-state index in [9.17, 15) is 0 Å². The van der Waals surface area contributed by atoms with E-state index in [0.717, 1.165) is 28.2 Å². The molecule has 0 unspecified atom stereocenters. The molecule has 3 N–H and O–H groups in total. The van der Waals surface area contributed by atoms with Crippen LogP contribution in [0.1, 0.15) is 11.3 Å². The number of aromatic amines is 1. The van der Waals surface area contributed by atoms with Gasteiger partial charge in [-0.1, -0.05) is 42.5 Å². The summed E-state index contributed by atoms with van der Waals surface area (Å²) in [6, 6.07) is 17.6. The standard InChI is InChI=1S/C16H16N4O/c21-11-12-5-4-8-14(9-12)17-10-15-16(19-20-18-15)13-6-2-1-3-7-13/h1-9,17,21H,10-11H2,(H,18,19,20). The molecular weight excluding hydrogens is 264 g/mol. The topological polar surface area (TPSA) is 73.8 Å². The van der Waals surface area contributed by atoms with Crippen LogP contribution in [0.2, 0.25) is 0 Å².